The Hall–Kier alpha value is -1.64. The second kappa shape index (κ2) is 7.76. The molecule has 1 saturated carbocycles. The molecule has 2 rings (SSSR count). The maximum Gasteiger partial charge on any atom is 0.223 e. The summed E-state index contributed by atoms with van der Waals surface area (Å²) in [5.74, 6) is 0.611. The van der Waals surface area contributed by atoms with Crippen molar-refractivity contribution in [3.05, 3.63) is 35.9 Å². The first-order chi connectivity index (χ1) is 10.9. The average Bonchev–Trinajstić information content (AvgIpc) is 2.51. The van der Waals surface area contributed by atoms with Crippen molar-refractivity contribution in [2.75, 3.05) is 0 Å². The lowest BCUT2D eigenvalue weighted by Gasteiger charge is -2.36. The van der Waals surface area contributed by atoms with Crippen LogP contribution in [0.3, 0.4) is 0 Å². The zero-order valence-corrected chi connectivity index (χ0v) is 14.7. The maximum atomic E-state index is 12.8. The highest BCUT2D eigenvalue weighted by Crippen LogP contribution is 2.26. The Morgan fingerprint density at radius 3 is 2.48 bits per heavy atom. The predicted octanol–water partition coefficient (Wildman–Crippen LogP) is 4.35. The molecule has 1 aromatic rings. The van der Waals surface area contributed by atoms with Gasteiger partial charge in [-0.05, 0) is 45.6 Å². The molecule has 1 atom stereocenters. The Bertz CT molecular complexity index is 530. The number of ketones is 1. The van der Waals surface area contributed by atoms with Crippen LogP contribution in [-0.2, 0) is 16.1 Å². The van der Waals surface area contributed by atoms with Gasteiger partial charge in [-0.15, -0.1) is 0 Å². The van der Waals surface area contributed by atoms with Gasteiger partial charge in [0.2, 0.25) is 5.91 Å². The van der Waals surface area contributed by atoms with E-state index in [-0.39, 0.29) is 17.4 Å². The summed E-state index contributed by atoms with van der Waals surface area (Å²) >= 11 is 0. The zero-order chi connectivity index (χ0) is 16.9. The van der Waals surface area contributed by atoms with Gasteiger partial charge in [0.25, 0.3) is 0 Å². The molecule has 0 spiro atoms. The van der Waals surface area contributed by atoms with Crippen molar-refractivity contribution in [3.63, 3.8) is 0 Å². The molecule has 1 aliphatic rings. The van der Waals surface area contributed by atoms with Crippen LogP contribution in [0.25, 0.3) is 0 Å². The van der Waals surface area contributed by atoms with Crippen molar-refractivity contribution in [2.45, 2.75) is 71.4 Å². The molecule has 0 aliphatic heterocycles. The fourth-order valence-electron chi connectivity index (χ4n) is 3.26. The van der Waals surface area contributed by atoms with Crippen molar-refractivity contribution < 1.29 is 9.59 Å². The molecule has 0 aromatic heterocycles. The topological polar surface area (TPSA) is 37.4 Å². The van der Waals surface area contributed by atoms with E-state index in [0.717, 1.165) is 24.8 Å². The molecule has 126 valence electrons. The third-order valence-electron chi connectivity index (χ3n) is 4.68. The first-order valence-corrected chi connectivity index (χ1v) is 8.75. The summed E-state index contributed by atoms with van der Waals surface area (Å²) in [5.41, 5.74) is 0.924. The third-order valence-corrected chi connectivity index (χ3v) is 4.68. The van der Waals surface area contributed by atoms with Crippen molar-refractivity contribution >= 4 is 11.7 Å². The average molecular weight is 315 g/mol. The monoisotopic (exact) mass is 315 g/mol. The molecule has 0 N–H and O–H groups in total. The zero-order valence-electron chi connectivity index (χ0n) is 14.7. The van der Waals surface area contributed by atoms with Gasteiger partial charge in [-0.25, -0.2) is 0 Å². The third kappa shape index (κ3) is 5.19. The number of carbonyl (C=O) groups excluding carboxylic acids is 2. The molecule has 0 saturated heterocycles. The van der Waals surface area contributed by atoms with E-state index in [1.54, 1.807) is 0 Å². The van der Waals surface area contributed by atoms with Gasteiger partial charge in [0.15, 0.2) is 0 Å². The van der Waals surface area contributed by atoms with Gasteiger partial charge in [-0.2, -0.15) is 0 Å². The Balaban J connectivity index is 1.98. The summed E-state index contributed by atoms with van der Waals surface area (Å²) in [6.07, 6.45) is 4.98. The summed E-state index contributed by atoms with van der Waals surface area (Å²) in [4.78, 5) is 26.6. The standard InChI is InChI=1S/C20H29NO2/c1-20(2,3)21(15-16-9-5-4-6-10-16)19(23)14-13-17-11-7-8-12-18(17)22/h4-6,9-10,17H,7-8,11-15H2,1-3H3. The molecule has 3 heteroatoms. The van der Waals surface area contributed by atoms with Crippen molar-refractivity contribution in [3.8, 4) is 0 Å². The first-order valence-electron chi connectivity index (χ1n) is 8.75. The largest absolute Gasteiger partial charge is 0.334 e. The predicted molar refractivity (Wildman–Crippen MR) is 92.9 cm³/mol. The number of hydrogen-bond donors (Lipinski definition) is 0. The second-order valence-corrected chi connectivity index (χ2v) is 7.58. The highest BCUT2D eigenvalue weighted by Gasteiger charge is 2.28. The summed E-state index contributed by atoms with van der Waals surface area (Å²) in [6, 6.07) is 10.1. The highest BCUT2D eigenvalue weighted by molar-refractivity contribution is 5.83. The molecule has 0 heterocycles. The van der Waals surface area contributed by atoms with Crippen LogP contribution in [0.5, 0.6) is 0 Å². The molecule has 3 nitrogen and oxygen atoms in total. The van der Waals surface area contributed by atoms with Crippen molar-refractivity contribution in [1.82, 2.24) is 4.90 Å². The number of Topliss-reactive ketones (excluding diaryl/α,β-unsaturated/α-hetero) is 1. The highest BCUT2D eigenvalue weighted by atomic mass is 16.2. The van der Waals surface area contributed by atoms with Crippen molar-refractivity contribution in [1.29, 1.82) is 0 Å². The van der Waals surface area contributed by atoms with Crippen LogP contribution in [0.1, 0.15) is 64.9 Å². The van der Waals surface area contributed by atoms with Gasteiger partial charge in [0.05, 0.1) is 0 Å². The number of benzene rings is 1. The molecule has 1 aliphatic carbocycles. The maximum absolute atomic E-state index is 12.8. The Labute approximate surface area is 140 Å². The van der Waals surface area contributed by atoms with Crippen LogP contribution in [-0.4, -0.2) is 22.1 Å². The first kappa shape index (κ1) is 17.7. The minimum atomic E-state index is -0.219. The summed E-state index contributed by atoms with van der Waals surface area (Å²) in [6.45, 7) is 6.83. The van der Waals surface area contributed by atoms with Crippen molar-refractivity contribution in [2.24, 2.45) is 5.92 Å². The van der Waals surface area contributed by atoms with E-state index in [1.165, 1.54) is 0 Å². The second-order valence-electron chi connectivity index (χ2n) is 7.58. The number of hydrogen-bond acceptors (Lipinski definition) is 2. The lowest BCUT2D eigenvalue weighted by molar-refractivity contribution is -0.137. The van der Waals surface area contributed by atoms with Crippen LogP contribution in [0.2, 0.25) is 0 Å². The Morgan fingerprint density at radius 2 is 1.87 bits per heavy atom. The normalized spacial score (nSPS) is 18.7. The number of rotatable bonds is 5. The number of nitrogens with zero attached hydrogens (tertiary/aromatic N) is 1. The molecule has 1 unspecified atom stereocenters. The van der Waals surface area contributed by atoms with Gasteiger partial charge in [0.1, 0.15) is 5.78 Å². The van der Waals surface area contributed by atoms with Gasteiger partial charge in [-0.3, -0.25) is 9.59 Å². The van der Waals surface area contributed by atoms with Crippen LogP contribution < -0.4 is 0 Å². The Morgan fingerprint density at radius 1 is 1.17 bits per heavy atom. The van der Waals surface area contributed by atoms with E-state index in [4.69, 9.17) is 0 Å². The smallest absolute Gasteiger partial charge is 0.223 e. The van der Waals surface area contributed by atoms with Crippen LogP contribution in [0.4, 0.5) is 0 Å². The van der Waals surface area contributed by atoms with Crippen LogP contribution >= 0.6 is 0 Å². The fraction of sp³-hybridized carbons (Fsp3) is 0.600. The lowest BCUT2D eigenvalue weighted by atomic mass is 9.84. The SMILES string of the molecule is CC(C)(C)N(Cc1ccccc1)C(=O)CCC1CCCCC1=O. The number of carbonyl (C=O) groups is 2. The molecule has 1 aromatic carbocycles. The Kier molecular flexibility index (Phi) is 5.97. The molecular formula is C20H29NO2. The minimum Gasteiger partial charge on any atom is -0.334 e. The van der Waals surface area contributed by atoms with E-state index < -0.39 is 0 Å². The summed E-state index contributed by atoms with van der Waals surface area (Å²) < 4.78 is 0. The van der Waals surface area contributed by atoms with E-state index in [9.17, 15) is 9.59 Å². The van der Waals surface area contributed by atoms with Gasteiger partial charge in [-0.1, -0.05) is 36.8 Å². The minimum absolute atomic E-state index is 0.103. The fourth-order valence-corrected chi connectivity index (χ4v) is 3.26. The van der Waals surface area contributed by atoms with Gasteiger partial charge >= 0.3 is 0 Å². The van der Waals surface area contributed by atoms with E-state index in [0.29, 0.717) is 31.6 Å². The van der Waals surface area contributed by atoms with Crippen LogP contribution in [0, 0.1) is 5.92 Å². The van der Waals surface area contributed by atoms with Crippen LogP contribution in [0.15, 0.2) is 30.3 Å². The summed E-state index contributed by atoms with van der Waals surface area (Å²) in [5, 5.41) is 0. The molecule has 23 heavy (non-hydrogen) atoms. The number of amides is 1. The quantitative estimate of drug-likeness (QED) is 0.810. The van der Waals surface area contributed by atoms with Gasteiger partial charge in [0, 0.05) is 30.8 Å². The molecule has 0 radical (unpaired) electrons. The van der Waals surface area contributed by atoms with E-state index in [1.807, 2.05) is 23.1 Å². The molecule has 1 amide bonds. The molecule has 0 bridgehead atoms. The van der Waals surface area contributed by atoms with E-state index >= 15 is 0 Å². The lowest BCUT2D eigenvalue weighted by Crippen LogP contribution is -2.45. The van der Waals surface area contributed by atoms with Gasteiger partial charge < -0.3 is 4.90 Å². The molecular weight excluding hydrogens is 286 g/mol. The summed E-state index contributed by atoms with van der Waals surface area (Å²) in [7, 11) is 0. The van der Waals surface area contributed by atoms with E-state index in [2.05, 4.69) is 32.9 Å². The molecule has 1 fully saturated rings.